The maximum Gasteiger partial charge on any atom is 0.298 e. The Morgan fingerprint density at radius 1 is 0.974 bits per heavy atom. The maximum atomic E-state index is 15.0. The maximum absolute atomic E-state index is 15.0. The van der Waals surface area contributed by atoms with Gasteiger partial charge in [0, 0.05) is 43.5 Å². The second-order valence-electron chi connectivity index (χ2n) is 9.93. The molecule has 0 atom stereocenters. The fourth-order valence-electron chi connectivity index (χ4n) is 4.86. The molecular weight excluding hydrogens is 492 g/mol. The van der Waals surface area contributed by atoms with E-state index in [0.717, 1.165) is 32.4 Å². The van der Waals surface area contributed by atoms with Crippen LogP contribution in [-0.4, -0.2) is 72.3 Å². The van der Waals surface area contributed by atoms with Crippen LogP contribution in [0, 0.1) is 11.6 Å². The van der Waals surface area contributed by atoms with Gasteiger partial charge < -0.3 is 29.2 Å². The summed E-state index contributed by atoms with van der Waals surface area (Å²) in [6.07, 6.45) is 1.08. The summed E-state index contributed by atoms with van der Waals surface area (Å²) < 4.78 is 41.4. The molecule has 4 aromatic rings. The van der Waals surface area contributed by atoms with E-state index in [9.17, 15) is 8.78 Å². The molecule has 9 nitrogen and oxygen atoms in total. The predicted octanol–water partition coefficient (Wildman–Crippen LogP) is 4.67. The van der Waals surface area contributed by atoms with Gasteiger partial charge in [0.2, 0.25) is 5.95 Å². The zero-order valence-electron chi connectivity index (χ0n) is 21.5. The van der Waals surface area contributed by atoms with Gasteiger partial charge in [0.05, 0.1) is 18.4 Å². The minimum absolute atomic E-state index is 0.00153. The van der Waals surface area contributed by atoms with Crippen molar-refractivity contribution in [3.63, 3.8) is 0 Å². The van der Waals surface area contributed by atoms with E-state index in [1.54, 1.807) is 6.07 Å². The number of fused-ring (bicyclic) bond motifs is 2. The van der Waals surface area contributed by atoms with Crippen molar-refractivity contribution < 1.29 is 17.9 Å². The third-order valence-electron chi connectivity index (χ3n) is 6.96. The van der Waals surface area contributed by atoms with Crippen molar-refractivity contribution in [3.05, 3.63) is 48.2 Å². The SMILES string of the molecule is CC(C)N1CCOc2c(F)cc(-c3nc(Nc4ccc5oc(N6CCN(C)CC6)nc5c4)ncc3F)cc21. The number of halogens is 2. The zero-order valence-corrected chi connectivity index (χ0v) is 21.5. The molecule has 0 radical (unpaired) electrons. The summed E-state index contributed by atoms with van der Waals surface area (Å²) in [4.78, 5) is 19.6. The molecule has 11 heteroatoms. The first-order chi connectivity index (χ1) is 18.4. The Morgan fingerprint density at radius 3 is 2.58 bits per heavy atom. The largest absolute Gasteiger partial charge is 0.486 e. The van der Waals surface area contributed by atoms with Gasteiger partial charge in [-0.1, -0.05) is 0 Å². The molecule has 0 spiro atoms. The molecule has 2 aliphatic heterocycles. The second kappa shape index (κ2) is 9.71. The van der Waals surface area contributed by atoms with Gasteiger partial charge >= 0.3 is 0 Å². The monoisotopic (exact) mass is 521 g/mol. The molecule has 0 saturated carbocycles. The normalized spacial score (nSPS) is 16.2. The number of rotatable bonds is 5. The second-order valence-corrected chi connectivity index (χ2v) is 9.93. The van der Waals surface area contributed by atoms with Crippen molar-refractivity contribution in [2.75, 3.05) is 61.5 Å². The molecule has 1 saturated heterocycles. The predicted molar refractivity (Wildman–Crippen MR) is 142 cm³/mol. The number of aromatic nitrogens is 3. The van der Waals surface area contributed by atoms with Gasteiger partial charge in [0.15, 0.2) is 23.0 Å². The lowest BCUT2D eigenvalue weighted by atomic mass is 10.1. The van der Waals surface area contributed by atoms with E-state index in [2.05, 4.69) is 37.1 Å². The van der Waals surface area contributed by atoms with Gasteiger partial charge in [-0.2, -0.15) is 4.98 Å². The number of nitrogens with one attached hydrogen (secondary N) is 1. The summed E-state index contributed by atoms with van der Waals surface area (Å²) in [7, 11) is 2.10. The summed E-state index contributed by atoms with van der Waals surface area (Å²) in [6, 6.07) is 9.18. The first-order valence-corrected chi connectivity index (χ1v) is 12.7. The standard InChI is InChI=1S/C27H29F2N7O2/c1-16(2)36-10-11-37-25-19(28)12-17(13-22(25)36)24-20(29)15-30-26(33-24)31-18-4-5-23-21(14-18)32-27(38-23)35-8-6-34(3)7-9-35/h4-5,12-16H,6-11H2,1-3H3,(H,30,31,33). The molecule has 2 aromatic carbocycles. The van der Waals surface area contributed by atoms with Crippen LogP contribution >= 0.6 is 0 Å². The van der Waals surface area contributed by atoms with E-state index in [1.165, 1.54) is 6.07 Å². The molecular formula is C27H29F2N7O2. The topological polar surface area (TPSA) is 82.8 Å². The van der Waals surface area contributed by atoms with Crippen LogP contribution in [0.2, 0.25) is 0 Å². The number of piperazine rings is 1. The van der Waals surface area contributed by atoms with Crippen molar-refractivity contribution in [1.82, 2.24) is 19.9 Å². The Kier molecular flexibility index (Phi) is 6.22. The molecule has 2 aliphatic rings. The van der Waals surface area contributed by atoms with Crippen molar-refractivity contribution in [2.24, 2.45) is 0 Å². The molecule has 38 heavy (non-hydrogen) atoms. The molecule has 6 rings (SSSR count). The van der Waals surface area contributed by atoms with Crippen molar-refractivity contribution in [1.29, 1.82) is 0 Å². The number of likely N-dealkylation sites (N-methyl/N-ethyl adjacent to an activating group) is 1. The van der Waals surface area contributed by atoms with Gasteiger partial charge in [-0.3, -0.25) is 0 Å². The van der Waals surface area contributed by atoms with E-state index in [1.807, 2.05) is 36.9 Å². The minimum atomic E-state index is -0.647. The van der Waals surface area contributed by atoms with E-state index in [-0.39, 0.29) is 23.4 Å². The fraction of sp³-hybridized carbons (Fsp3) is 0.370. The highest BCUT2D eigenvalue weighted by Gasteiger charge is 2.26. The molecule has 0 amide bonds. The number of benzene rings is 2. The average molecular weight is 522 g/mol. The van der Waals surface area contributed by atoms with E-state index < -0.39 is 11.6 Å². The van der Waals surface area contributed by atoms with Gasteiger partial charge in [-0.15, -0.1) is 0 Å². The molecule has 1 fully saturated rings. The summed E-state index contributed by atoms with van der Waals surface area (Å²) in [6.45, 7) is 8.66. The number of ether oxygens (including phenoxy) is 1. The summed E-state index contributed by atoms with van der Waals surface area (Å²) >= 11 is 0. The van der Waals surface area contributed by atoms with Crippen molar-refractivity contribution >= 4 is 34.4 Å². The highest BCUT2D eigenvalue weighted by Crippen LogP contribution is 2.39. The highest BCUT2D eigenvalue weighted by molar-refractivity contribution is 5.80. The van der Waals surface area contributed by atoms with Crippen LogP contribution in [0.25, 0.3) is 22.4 Å². The van der Waals surface area contributed by atoms with Crippen molar-refractivity contribution in [3.8, 4) is 17.0 Å². The summed E-state index contributed by atoms with van der Waals surface area (Å²) in [5.74, 6) is -0.841. The van der Waals surface area contributed by atoms with Gasteiger partial charge in [0.25, 0.3) is 6.01 Å². The lowest BCUT2D eigenvalue weighted by Gasteiger charge is -2.34. The molecule has 4 heterocycles. The van der Waals surface area contributed by atoms with Gasteiger partial charge in [-0.25, -0.2) is 18.7 Å². The molecule has 1 N–H and O–H groups in total. The lowest BCUT2D eigenvalue weighted by Crippen LogP contribution is -2.44. The first-order valence-electron chi connectivity index (χ1n) is 12.7. The number of nitrogens with zero attached hydrogens (tertiary/aromatic N) is 6. The third-order valence-corrected chi connectivity index (χ3v) is 6.96. The quantitative estimate of drug-likeness (QED) is 0.403. The fourth-order valence-corrected chi connectivity index (χ4v) is 4.86. The van der Waals surface area contributed by atoms with E-state index in [0.29, 0.717) is 47.2 Å². The lowest BCUT2D eigenvalue weighted by molar-refractivity contribution is 0.287. The number of oxazole rings is 1. The number of anilines is 4. The van der Waals surface area contributed by atoms with Crippen LogP contribution in [0.15, 0.2) is 40.9 Å². The highest BCUT2D eigenvalue weighted by atomic mass is 19.1. The Morgan fingerprint density at radius 2 is 1.79 bits per heavy atom. The Labute approximate surface area is 219 Å². The molecule has 2 aromatic heterocycles. The third kappa shape index (κ3) is 4.58. The van der Waals surface area contributed by atoms with E-state index >= 15 is 0 Å². The summed E-state index contributed by atoms with van der Waals surface area (Å²) in [5.41, 5.74) is 2.93. The smallest absolute Gasteiger partial charge is 0.298 e. The molecule has 0 bridgehead atoms. The van der Waals surface area contributed by atoms with Crippen LogP contribution in [0.4, 0.5) is 32.1 Å². The van der Waals surface area contributed by atoms with Crippen LogP contribution in [0.1, 0.15) is 13.8 Å². The van der Waals surface area contributed by atoms with Crippen molar-refractivity contribution in [2.45, 2.75) is 19.9 Å². The van der Waals surface area contributed by atoms with E-state index in [4.69, 9.17) is 9.15 Å². The number of hydrogen-bond donors (Lipinski definition) is 1. The Hall–Kier alpha value is -3.99. The van der Waals surface area contributed by atoms with Crippen LogP contribution in [0.3, 0.4) is 0 Å². The summed E-state index contributed by atoms with van der Waals surface area (Å²) in [5, 5.41) is 3.11. The molecule has 198 valence electrons. The van der Waals surface area contributed by atoms with Crippen LogP contribution < -0.4 is 19.9 Å². The van der Waals surface area contributed by atoms with Gasteiger partial charge in [0.1, 0.15) is 17.8 Å². The molecule has 0 unspecified atom stereocenters. The zero-order chi connectivity index (χ0) is 26.4. The number of hydrogen-bond acceptors (Lipinski definition) is 9. The minimum Gasteiger partial charge on any atom is -0.486 e. The Bertz CT molecular complexity index is 1480. The van der Waals surface area contributed by atoms with Gasteiger partial charge in [-0.05, 0) is 51.2 Å². The molecule has 0 aliphatic carbocycles. The van der Waals surface area contributed by atoms with Crippen LogP contribution in [0.5, 0.6) is 5.75 Å². The Balaban J connectivity index is 1.28. The first kappa shape index (κ1) is 24.4. The van der Waals surface area contributed by atoms with Crippen LogP contribution in [-0.2, 0) is 0 Å². The average Bonchev–Trinajstić information content (AvgIpc) is 3.33.